The van der Waals surface area contributed by atoms with Gasteiger partial charge >= 0.3 is 0 Å². The van der Waals surface area contributed by atoms with E-state index in [1.54, 1.807) is 0 Å². The van der Waals surface area contributed by atoms with Crippen molar-refractivity contribution in [3.8, 4) is 0 Å². The maximum atomic E-state index is 4.36. The van der Waals surface area contributed by atoms with E-state index < -0.39 is 0 Å². The summed E-state index contributed by atoms with van der Waals surface area (Å²) in [6.07, 6.45) is 4.04. The van der Waals surface area contributed by atoms with Crippen molar-refractivity contribution in [1.29, 1.82) is 0 Å². The Morgan fingerprint density at radius 2 is 1.87 bits per heavy atom. The monoisotopic (exact) mass is 198 g/mol. The van der Waals surface area contributed by atoms with Crippen LogP contribution in [0.25, 0.3) is 12.3 Å². The van der Waals surface area contributed by atoms with Crippen LogP contribution in [0.1, 0.15) is 17.0 Å². The first-order chi connectivity index (χ1) is 7.25. The summed E-state index contributed by atoms with van der Waals surface area (Å²) in [5.74, 6) is 0. The SMILES string of the molecule is Cc1cc(C)n(/C=C/c2ccccc2)n1. The Hall–Kier alpha value is -1.83. The summed E-state index contributed by atoms with van der Waals surface area (Å²) in [4.78, 5) is 0. The molecule has 0 atom stereocenters. The van der Waals surface area contributed by atoms with Crippen LogP contribution in [0.3, 0.4) is 0 Å². The summed E-state index contributed by atoms with van der Waals surface area (Å²) in [6, 6.07) is 12.3. The molecular formula is C13H14N2. The zero-order valence-corrected chi connectivity index (χ0v) is 9.01. The Morgan fingerprint density at radius 1 is 1.13 bits per heavy atom. The molecule has 0 aliphatic rings. The van der Waals surface area contributed by atoms with Gasteiger partial charge in [-0.1, -0.05) is 30.3 Å². The van der Waals surface area contributed by atoms with E-state index in [4.69, 9.17) is 0 Å². The summed E-state index contributed by atoms with van der Waals surface area (Å²) in [6.45, 7) is 4.05. The lowest BCUT2D eigenvalue weighted by Gasteiger charge is -1.95. The van der Waals surface area contributed by atoms with Crippen molar-refractivity contribution in [2.75, 3.05) is 0 Å². The fraction of sp³-hybridized carbons (Fsp3) is 0.154. The molecule has 0 radical (unpaired) electrons. The van der Waals surface area contributed by atoms with Crippen LogP contribution in [-0.2, 0) is 0 Å². The highest BCUT2D eigenvalue weighted by Crippen LogP contribution is 2.06. The number of nitrogens with zero attached hydrogens (tertiary/aromatic N) is 2. The number of rotatable bonds is 2. The molecule has 15 heavy (non-hydrogen) atoms. The van der Waals surface area contributed by atoms with Gasteiger partial charge in [-0.2, -0.15) is 5.10 Å². The van der Waals surface area contributed by atoms with E-state index in [2.05, 4.69) is 36.3 Å². The van der Waals surface area contributed by atoms with E-state index in [0.717, 1.165) is 11.4 Å². The third-order valence-electron chi connectivity index (χ3n) is 2.25. The molecule has 0 spiro atoms. The first-order valence-corrected chi connectivity index (χ1v) is 5.02. The van der Waals surface area contributed by atoms with Crippen molar-refractivity contribution < 1.29 is 0 Å². The van der Waals surface area contributed by atoms with Gasteiger partial charge in [0, 0.05) is 11.9 Å². The van der Waals surface area contributed by atoms with Gasteiger partial charge in [-0.3, -0.25) is 0 Å². The Balaban J connectivity index is 2.22. The van der Waals surface area contributed by atoms with E-state index in [1.807, 2.05) is 36.0 Å². The van der Waals surface area contributed by atoms with Crippen molar-refractivity contribution >= 4 is 12.3 Å². The number of aryl methyl sites for hydroxylation is 2. The third-order valence-corrected chi connectivity index (χ3v) is 2.25. The summed E-state index contributed by atoms with van der Waals surface area (Å²) in [5.41, 5.74) is 3.38. The second-order valence-electron chi connectivity index (χ2n) is 3.60. The average molecular weight is 198 g/mol. The first-order valence-electron chi connectivity index (χ1n) is 5.02. The minimum atomic E-state index is 1.05. The topological polar surface area (TPSA) is 17.8 Å². The summed E-state index contributed by atoms with van der Waals surface area (Å²) in [5, 5.41) is 4.36. The van der Waals surface area contributed by atoms with Gasteiger partial charge in [0.05, 0.1) is 5.69 Å². The normalized spacial score (nSPS) is 11.1. The molecule has 1 aromatic heterocycles. The highest BCUT2D eigenvalue weighted by Gasteiger charge is 1.95. The molecule has 0 N–H and O–H groups in total. The molecule has 0 aliphatic heterocycles. The van der Waals surface area contributed by atoms with Gasteiger partial charge in [-0.25, -0.2) is 4.68 Å². The molecular weight excluding hydrogens is 184 g/mol. The molecule has 1 heterocycles. The lowest BCUT2D eigenvalue weighted by molar-refractivity contribution is 0.883. The van der Waals surface area contributed by atoms with Gasteiger partial charge in [0.15, 0.2) is 0 Å². The number of benzene rings is 1. The van der Waals surface area contributed by atoms with Gasteiger partial charge in [0.25, 0.3) is 0 Å². The van der Waals surface area contributed by atoms with Crippen molar-refractivity contribution in [1.82, 2.24) is 9.78 Å². The predicted molar refractivity (Wildman–Crippen MR) is 63.4 cm³/mol. The average Bonchev–Trinajstić information content (AvgIpc) is 2.56. The molecule has 0 bridgehead atoms. The van der Waals surface area contributed by atoms with Gasteiger partial charge in [0.2, 0.25) is 0 Å². The molecule has 0 amide bonds. The van der Waals surface area contributed by atoms with E-state index in [9.17, 15) is 0 Å². The summed E-state index contributed by atoms with van der Waals surface area (Å²) < 4.78 is 1.89. The molecule has 0 saturated heterocycles. The molecule has 0 fully saturated rings. The molecule has 2 aromatic rings. The van der Waals surface area contributed by atoms with Crippen molar-refractivity contribution in [2.45, 2.75) is 13.8 Å². The second kappa shape index (κ2) is 4.13. The smallest absolute Gasteiger partial charge is 0.0600 e. The summed E-state index contributed by atoms with van der Waals surface area (Å²) >= 11 is 0. The lowest BCUT2D eigenvalue weighted by atomic mass is 10.2. The minimum absolute atomic E-state index is 1.05. The van der Waals surface area contributed by atoms with Crippen molar-refractivity contribution in [2.24, 2.45) is 0 Å². The van der Waals surface area contributed by atoms with E-state index in [1.165, 1.54) is 5.56 Å². The zero-order chi connectivity index (χ0) is 10.7. The quantitative estimate of drug-likeness (QED) is 0.725. The highest BCUT2D eigenvalue weighted by molar-refractivity contribution is 5.60. The van der Waals surface area contributed by atoms with Crippen LogP contribution in [0.4, 0.5) is 0 Å². The van der Waals surface area contributed by atoms with Crippen LogP contribution in [-0.4, -0.2) is 9.78 Å². The Kier molecular flexibility index (Phi) is 2.68. The molecule has 2 nitrogen and oxygen atoms in total. The molecule has 2 rings (SSSR count). The largest absolute Gasteiger partial charge is 0.245 e. The Labute approximate surface area is 89.9 Å². The van der Waals surface area contributed by atoms with Gasteiger partial charge in [-0.05, 0) is 31.6 Å². The first kappa shape index (κ1) is 9.71. The van der Waals surface area contributed by atoms with E-state index in [-0.39, 0.29) is 0 Å². The Morgan fingerprint density at radius 3 is 2.47 bits per heavy atom. The molecule has 0 aliphatic carbocycles. The molecule has 0 unspecified atom stereocenters. The highest BCUT2D eigenvalue weighted by atomic mass is 15.3. The predicted octanol–water partition coefficient (Wildman–Crippen LogP) is 3.13. The zero-order valence-electron chi connectivity index (χ0n) is 9.01. The molecule has 2 heteroatoms. The maximum absolute atomic E-state index is 4.36. The van der Waals surface area contributed by atoms with Gasteiger partial charge in [0.1, 0.15) is 0 Å². The van der Waals surface area contributed by atoms with Crippen LogP contribution in [0.15, 0.2) is 36.4 Å². The maximum Gasteiger partial charge on any atom is 0.0600 e. The fourth-order valence-corrected chi connectivity index (χ4v) is 1.52. The van der Waals surface area contributed by atoms with Crippen LogP contribution in [0.5, 0.6) is 0 Å². The van der Waals surface area contributed by atoms with Crippen molar-refractivity contribution in [3.05, 3.63) is 53.3 Å². The van der Waals surface area contributed by atoms with Crippen LogP contribution >= 0.6 is 0 Å². The fourth-order valence-electron chi connectivity index (χ4n) is 1.52. The minimum Gasteiger partial charge on any atom is -0.245 e. The lowest BCUT2D eigenvalue weighted by Crippen LogP contribution is -1.91. The molecule has 1 aromatic carbocycles. The van der Waals surface area contributed by atoms with E-state index >= 15 is 0 Å². The van der Waals surface area contributed by atoms with Crippen LogP contribution < -0.4 is 0 Å². The second-order valence-corrected chi connectivity index (χ2v) is 3.60. The van der Waals surface area contributed by atoms with E-state index in [0.29, 0.717) is 0 Å². The molecule has 76 valence electrons. The van der Waals surface area contributed by atoms with Gasteiger partial charge in [-0.15, -0.1) is 0 Å². The van der Waals surface area contributed by atoms with Crippen molar-refractivity contribution in [3.63, 3.8) is 0 Å². The Bertz CT molecular complexity index is 467. The van der Waals surface area contributed by atoms with Crippen LogP contribution in [0, 0.1) is 13.8 Å². The third kappa shape index (κ3) is 2.34. The van der Waals surface area contributed by atoms with Crippen LogP contribution in [0.2, 0.25) is 0 Å². The number of hydrogen-bond donors (Lipinski definition) is 0. The van der Waals surface area contributed by atoms with Gasteiger partial charge < -0.3 is 0 Å². The number of aromatic nitrogens is 2. The molecule has 0 saturated carbocycles. The number of hydrogen-bond acceptors (Lipinski definition) is 1. The summed E-state index contributed by atoms with van der Waals surface area (Å²) in [7, 11) is 0. The standard InChI is InChI=1S/C13H14N2/c1-11-10-12(2)15(14-11)9-8-13-6-4-3-5-7-13/h3-10H,1-2H3/b9-8+.